The van der Waals surface area contributed by atoms with Crippen molar-refractivity contribution in [1.82, 2.24) is 4.72 Å². The van der Waals surface area contributed by atoms with E-state index < -0.39 is 27.2 Å². The molecule has 0 aromatic carbocycles. The summed E-state index contributed by atoms with van der Waals surface area (Å²) in [5.41, 5.74) is 0. The van der Waals surface area contributed by atoms with Gasteiger partial charge in [-0.15, -0.1) is 16.1 Å². The van der Waals surface area contributed by atoms with E-state index in [1.54, 1.807) is 0 Å². The molecule has 2 rings (SSSR count). The molecule has 20 heavy (non-hydrogen) atoms. The number of nitrogens with one attached hydrogen (secondary N) is 1. The van der Waals surface area contributed by atoms with Crippen LogP contribution in [0.2, 0.25) is 0 Å². The second-order valence-electron chi connectivity index (χ2n) is 6.01. The largest absolute Gasteiger partial charge is 0.598 e. The van der Waals surface area contributed by atoms with Gasteiger partial charge >= 0.3 is 6.18 Å². The fourth-order valence-electron chi connectivity index (χ4n) is 1.78. The van der Waals surface area contributed by atoms with Gasteiger partial charge in [0, 0.05) is 16.2 Å². The first-order valence-corrected chi connectivity index (χ1v) is 8.40. The maximum Gasteiger partial charge on any atom is 0.425 e. The van der Waals surface area contributed by atoms with Crippen molar-refractivity contribution in [3.8, 4) is 0 Å². The molecule has 0 amide bonds. The van der Waals surface area contributed by atoms with Gasteiger partial charge in [0.05, 0.1) is 6.04 Å². The molecule has 1 aromatic heterocycles. The Kier molecular flexibility index (Phi) is 4.45. The molecule has 2 nitrogen and oxygen atoms in total. The van der Waals surface area contributed by atoms with Gasteiger partial charge in [0.2, 0.25) is 0 Å². The molecule has 1 saturated carbocycles. The van der Waals surface area contributed by atoms with E-state index >= 15 is 0 Å². The standard InChI is InChI=1S/C13H18F3NOS2/c1-12(2,3)20(18)17-11(8-4-5-8)9-6-7-10(19-9)13(14,15)16/h6-8,11,17H,4-5H2,1-3H3/t11?,20-/m0/s1. The quantitative estimate of drug-likeness (QED) is 0.839. The molecule has 1 aliphatic carbocycles. The Balaban J connectivity index is 2.15. The highest BCUT2D eigenvalue weighted by Crippen LogP contribution is 2.45. The van der Waals surface area contributed by atoms with E-state index in [9.17, 15) is 17.7 Å². The van der Waals surface area contributed by atoms with E-state index in [0.717, 1.165) is 30.2 Å². The van der Waals surface area contributed by atoms with Gasteiger partial charge in [0.1, 0.15) is 9.62 Å². The maximum absolute atomic E-state index is 12.7. The van der Waals surface area contributed by atoms with Gasteiger partial charge in [-0.05, 0) is 51.7 Å². The van der Waals surface area contributed by atoms with Gasteiger partial charge in [-0.25, -0.2) is 0 Å². The lowest BCUT2D eigenvalue weighted by atomic mass is 10.1. The Morgan fingerprint density at radius 2 is 1.90 bits per heavy atom. The smallest absolute Gasteiger partial charge is 0.425 e. The average Bonchev–Trinajstić information content (AvgIpc) is 2.99. The fourth-order valence-corrected chi connectivity index (χ4v) is 3.78. The molecule has 1 N–H and O–H groups in total. The van der Waals surface area contributed by atoms with Crippen LogP contribution in [0.15, 0.2) is 12.1 Å². The molecule has 7 heteroatoms. The summed E-state index contributed by atoms with van der Waals surface area (Å²) in [6.07, 6.45) is -2.36. The summed E-state index contributed by atoms with van der Waals surface area (Å²) in [5, 5.41) is 0. The minimum atomic E-state index is -4.31. The molecule has 1 unspecified atom stereocenters. The number of hydrogen-bond acceptors (Lipinski definition) is 3. The highest BCUT2D eigenvalue weighted by molar-refractivity contribution is 7.90. The van der Waals surface area contributed by atoms with Crippen LogP contribution >= 0.6 is 11.3 Å². The molecule has 1 aliphatic rings. The third-order valence-electron chi connectivity index (χ3n) is 3.10. The Hall–Kier alpha value is -0.240. The van der Waals surface area contributed by atoms with Gasteiger partial charge in [0.25, 0.3) is 0 Å². The van der Waals surface area contributed by atoms with Gasteiger partial charge in [-0.2, -0.15) is 13.2 Å². The molecule has 114 valence electrons. The molecule has 0 saturated heterocycles. The summed E-state index contributed by atoms with van der Waals surface area (Å²) < 4.78 is 52.7. The van der Waals surface area contributed by atoms with E-state index in [1.807, 2.05) is 20.8 Å². The number of thiophene rings is 1. The predicted molar refractivity (Wildman–Crippen MR) is 75.8 cm³/mol. The molecular weight excluding hydrogens is 307 g/mol. The van der Waals surface area contributed by atoms with Crippen LogP contribution in [0.1, 0.15) is 49.4 Å². The topological polar surface area (TPSA) is 35.1 Å². The zero-order valence-corrected chi connectivity index (χ0v) is 13.2. The summed E-state index contributed by atoms with van der Waals surface area (Å²) in [6.45, 7) is 5.53. The fraction of sp³-hybridized carbons (Fsp3) is 0.692. The van der Waals surface area contributed by atoms with Crippen LogP contribution in [-0.4, -0.2) is 9.30 Å². The van der Waals surface area contributed by atoms with Gasteiger partial charge in [0.15, 0.2) is 0 Å². The van der Waals surface area contributed by atoms with Crippen LogP contribution in [0.4, 0.5) is 13.2 Å². The number of hydrogen-bond donors (Lipinski definition) is 1. The van der Waals surface area contributed by atoms with Crippen molar-refractivity contribution >= 4 is 22.7 Å². The first-order chi connectivity index (χ1) is 9.09. The number of alkyl halides is 3. The third-order valence-corrected chi connectivity index (χ3v) is 5.89. The lowest BCUT2D eigenvalue weighted by Gasteiger charge is -2.27. The molecule has 1 aromatic rings. The van der Waals surface area contributed by atoms with E-state index in [1.165, 1.54) is 6.07 Å². The summed E-state index contributed by atoms with van der Waals surface area (Å²) in [6, 6.07) is 2.37. The second-order valence-corrected chi connectivity index (χ2v) is 9.13. The van der Waals surface area contributed by atoms with Crippen molar-refractivity contribution < 1.29 is 17.7 Å². The van der Waals surface area contributed by atoms with Crippen molar-refractivity contribution in [1.29, 1.82) is 0 Å². The Bertz CT molecular complexity index is 463. The zero-order chi connectivity index (χ0) is 15.1. The minimum Gasteiger partial charge on any atom is -0.598 e. The maximum atomic E-state index is 12.7. The second kappa shape index (κ2) is 5.51. The third kappa shape index (κ3) is 3.90. The lowest BCUT2D eigenvalue weighted by molar-refractivity contribution is -0.134. The minimum absolute atomic E-state index is 0.240. The normalized spacial score (nSPS) is 19.9. The number of rotatable bonds is 4. The van der Waals surface area contributed by atoms with E-state index in [4.69, 9.17) is 0 Å². The zero-order valence-electron chi connectivity index (χ0n) is 11.6. The monoisotopic (exact) mass is 325 g/mol. The summed E-state index contributed by atoms with van der Waals surface area (Å²) in [4.78, 5) is 0.0268. The highest BCUT2D eigenvalue weighted by atomic mass is 32.2. The average molecular weight is 325 g/mol. The van der Waals surface area contributed by atoms with Crippen LogP contribution in [0.25, 0.3) is 0 Å². The molecule has 0 radical (unpaired) electrons. The molecule has 1 fully saturated rings. The van der Waals surface area contributed by atoms with Crippen molar-refractivity contribution in [2.75, 3.05) is 0 Å². The summed E-state index contributed by atoms with van der Waals surface area (Å²) in [5.74, 6) is 0.293. The highest BCUT2D eigenvalue weighted by Gasteiger charge is 2.40. The lowest BCUT2D eigenvalue weighted by Crippen LogP contribution is -2.41. The molecule has 0 spiro atoms. The van der Waals surface area contributed by atoms with Crippen LogP contribution in [0, 0.1) is 5.92 Å². The van der Waals surface area contributed by atoms with Crippen LogP contribution in [0.3, 0.4) is 0 Å². The molecular formula is C13H18F3NOS2. The van der Waals surface area contributed by atoms with Crippen LogP contribution in [-0.2, 0) is 17.5 Å². The molecule has 1 heterocycles. The van der Waals surface area contributed by atoms with Crippen LogP contribution < -0.4 is 4.72 Å². The van der Waals surface area contributed by atoms with Crippen molar-refractivity contribution in [2.45, 2.75) is 50.6 Å². The Labute approximate surface area is 124 Å². The van der Waals surface area contributed by atoms with E-state index in [-0.39, 0.29) is 6.04 Å². The van der Waals surface area contributed by atoms with Crippen molar-refractivity contribution in [3.05, 3.63) is 21.9 Å². The van der Waals surface area contributed by atoms with E-state index in [0.29, 0.717) is 10.8 Å². The van der Waals surface area contributed by atoms with Crippen LogP contribution in [0.5, 0.6) is 0 Å². The van der Waals surface area contributed by atoms with Crippen molar-refractivity contribution in [3.63, 3.8) is 0 Å². The van der Waals surface area contributed by atoms with Crippen molar-refractivity contribution in [2.24, 2.45) is 5.92 Å². The Morgan fingerprint density at radius 1 is 1.30 bits per heavy atom. The Morgan fingerprint density at radius 3 is 2.30 bits per heavy atom. The van der Waals surface area contributed by atoms with Gasteiger partial charge in [-0.3, -0.25) is 0 Å². The molecule has 0 aliphatic heterocycles. The van der Waals surface area contributed by atoms with Gasteiger partial charge in [-0.1, -0.05) is 0 Å². The number of halogens is 3. The first kappa shape index (κ1) is 16.1. The van der Waals surface area contributed by atoms with E-state index in [2.05, 4.69) is 4.72 Å². The molecule has 2 atom stereocenters. The summed E-state index contributed by atoms with van der Waals surface area (Å²) >= 11 is -0.538. The SMILES string of the molecule is CC(C)(C)[S@+]([O-])NC(c1ccc(C(F)(F)F)s1)C1CC1. The summed E-state index contributed by atoms with van der Waals surface area (Å²) in [7, 11) is 0. The predicted octanol–water partition coefficient (Wildman–Crippen LogP) is 4.27. The molecule has 0 bridgehead atoms. The first-order valence-electron chi connectivity index (χ1n) is 6.44. The van der Waals surface area contributed by atoms with Gasteiger partial charge < -0.3 is 4.55 Å².